The Hall–Kier alpha value is -1.72. The second kappa shape index (κ2) is 8.22. The van der Waals surface area contributed by atoms with Crippen molar-refractivity contribution in [3.8, 4) is 0 Å². The van der Waals surface area contributed by atoms with Crippen molar-refractivity contribution in [1.82, 2.24) is 0 Å². The average Bonchev–Trinajstić information content (AvgIpc) is 2.51. The van der Waals surface area contributed by atoms with Gasteiger partial charge in [-0.25, -0.2) is 4.79 Å². The van der Waals surface area contributed by atoms with E-state index in [1.54, 1.807) is 0 Å². The molecule has 1 aromatic rings. The largest absolute Gasteiger partial charge is 0.577 e. The van der Waals surface area contributed by atoms with E-state index in [9.17, 15) is 18.0 Å². The zero-order valence-corrected chi connectivity index (χ0v) is 12.9. The third kappa shape index (κ3) is 6.12. The fourth-order valence-corrected chi connectivity index (χ4v) is 3.12. The van der Waals surface area contributed by atoms with Gasteiger partial charge in [-0.05, 0) is 42.7 Å². The molecular weight excluding hydrogens is 309 g/mol. The van der Waals surface area contributed by atoms with Gasteiger partial charge in [0, 0.05) is 0 Å². The van der Waals surface area contributed by atoms with Crippen LogP contribution in [0.25, 0.3) is 0 Å². The van der Waals surface area contributed by atoms with Crippen LogP contribution in [0.4, 0.5) is 18.0 Å². The molecular formula is C17H21F3O3. The molecule has 0 N–H and O–H groups in total. The first-order valence-corrected chi connectivity index (χ1v) is 7.96. The molecule has 3 nitrogen and oxygen atoms in total. The molecule has 2 rings (SSSR count). The molecule has 1 saturated carbocycles. The maximum Gasteiger partial charge on any atom is 0.577 e. The summed E-state index contributed by atoms with van der Waals surface area (Å²) in [5, 5.41) is 0. The third-order valence-corrected chi connectivity index (χ3v) is 4.11. The van der Waals surface area contributed by atoms with Crippen LogP contribution in [0.15, 0.2) is 24.3 Å². The molecule has 0 saturated heterocycles. The lowest BCUT2D eigenvalue weighted by atomic mass is 9.81. The minimum absolute atomic E-state index is 0.0894. The van der Waals surface area contributed by atoms with Crippen molar-refractivity contribution in [2.45, 2.75) is 57.2 Å². The van der Waals surface area contributed by atoms with E-state index in [0.717, 1.165) is 0 Å². The van der Waals surface area contributed by atoms with Crippen LogP contribution >= 0.6 is 0 Å². The van der Waals surface area contributed by atoms with Crippen molar-refractivity contribution in [2.24, 2.45) is 0 Å². The number of halogens is 3. The molecule has 0 unspecified atom stereocenters. The summed E-state index contributed by atoms with van der Waals surface area (Å²) in [6, 6.07) is 8.15. The third-order valence-electron chi connectivity index (χ3n) is 4.11. The molecule has 128 valence electrons. The van der Waals surface area contributed by atoms with Gasteiger partial charge in [0.15, 0.2) is 0 Å². The van der Waals surface area contributed by atoms with E-state index in [-0.39, 0.29) is 6.61 Å². The van der Waals surface area contributed by atoms with Crippen LogP contribution in [-0.2, 0) is 15.9 Å². The molecule has 23 heavy (non-hydrogen) atoms. The predicted octanol–water partition coefficient (Wildman–Crippen LogP) is 5.34. The zero-order chi connectivity index (χ0) is 16.7. The first kappa shape index (κ1) is 17.6. The summed E-state index contributed by atoms with van der Waals surface area (Å²) >= 11 is 0. The monoisotopic (exact) mass is 330 g/mol. The lowest BCUT2D eigenvalue weighted by Crippen LogP contribution is -2.20. The van der Waals surface area contributed by atoms with E-state index in [2.05, 4.69) is 15.5 Å². The number of ether oxygens (including phenoxy) is 2. The fraction of sp³-hybridized carbons (Fsp3) is 0.588. The SMILES string of the molecule is O=C(OCCCc1ccccc1C1CCCCC1)OC(F)(F)F. The van der Waals surface area contributed by atoms with E-state index >= 15 is 0 Å². The van der Waals surface area contributed by atoms with Crippen LogP contribution in [0.2, 0.25) is 0 Å². The van der Waals surface area contributed by atoms with Gasteiger partial charge in [-0.1, -0.05) is 43.5 Å². The number of aryl methyl sites for hydroxylation is 1. The summed E-state index contributed by atoms with van der Waals surface area (Å²) in [5.41, 5.74) is 2.51. The standard InChI is InChI=1S/C17H21F3O3/c18-17(19,20)23-16(21)22-12-6-10-14-9-4-5-11-15(14)13-7-2-1-3-8-13/h4-5,9,11,13H,1-3,6-8,10,12H2. The van der Waals surface area contributed by atoms with Gasteiger partial charge < -0.3 is 9.47 Å². The van der Waals surface area contributed by atoms with Gasteiger partial charge in [0.2, 0.25) is 0 Å². The first-order chi connectivity index (χ1) is 11.0. The second-order valence-electron chi connectivity index (χ2n) is 5.78. The summed E-state index contributed by atoms with van der Waals surface area (Å²) in [7, 11) is 0. The maximum atomic E-state index is 11.8. The van der Waals surface area contributed by atoms with Gasteiger partial charge in [-0.15, -0.1) is 13.2 Å². The summed E-state index contributed by atoms with van der Waals surface area (Å²) in [4.78, 5) is 10.8. The molecule has 1 fully saturated rings. The summed E-state index contributed by atoms with van der Waals surface area (Å²) < 4.78 is 43.0. The topological polar surface area (TPSA) is 35.5 Å². The normalized spacial score (nSPS) is 16.1. The molecule has 0 spiro atoms. The number of benzene rings is 1. The van der Waals surface area contributed by atoms with E-state index in [4.69, 9.17) is 0 Å². The van der Waals surface area contributed by atoms with Crippen LogP contribution in [0, 0.1) is 0 Å². The summed E-state index contributed by atoms with van der Waals surface area (Å²) in [6.07, 6.45) is 0.590. The van der Waals surface area contributed by atoms with Crippen molar-refractivity contribution in [3.63, 3.8) is 0 Å². The van der Waals surface area contributed by atoms with E-state index < -0.39 is 12.5 Å². The molecule has 0 atom stereocenters. The molecule has 0 radical (unpaired) electrons. The molecule has 0 heterocycles. The van der Waals surface area contributed by atoms with E-state index in [1.807, 2.05) is 18.2 Å². The van der Waals surface area contributed by atoms with Crippen molar-refractivity contribution in [2.75, 3.05) is 6.61 Å². The van der Waals surface area contributed by atoms with Gasteiger partial charge in [-0.2, -0.15) is 0 Å². The number of alkyl halides is 3. The molecule has 1 aliphatic carbocycles. The van der Waals surface area contributed by atoms with Gasteiger partial charge >= 0.3 is 12.5 Å². The zero-order valence-electron chi connectivity index (χ0n) is 12.9. The Morgan fingerprint density at radius 2 is 1.83 bits per heavy atom. The van der Waals surface area contributed by atoms with Crippen molar-refractivity contribution in [3.05, 3.63) is 35.4 Å². The van der Waals surface area contributed by atoms with E-state index in [0.29, 0.717) is 18.8 Å². The van der Waals surface area contributed by atoms with Crippen LogP contribution in [0.5, 0.6) is 0 Å². The Kier molecular flexibility index (Phi) is 6.30. The number of hydrogen-bond donors (Lipinski definition) is 0. The molecule has 1 aromatic carbocycles. The second-order valence-corrected chi connectivity index (χ2v) is 5.78. The molecule has 0 aliphatic heterocycles. The highest BCUT2D eigenvalue weighted by Gasteiger charge is 2.34. The van der Waals surface area contributed by atoms with Gasteiger partial charge in [0.05, 0.1) is 6.61 Å². The molecule has 0 aromatic heterocycles. The highest BCUT2D eigenvalue weighted by atomic mass is 19.4. The Bertz CT molecular complexity index is 508. The highest BCUT2D eigenvalue weighted by molar-refractivity contribution is 5.59. The number of rotatable bonds is 5. The number of hydrogen-bond acceptors (Lipinski definition) is 3. The number of carbonyl (C=O) groups is 1. The maximum absolute atomic E-state index is 11.8. The Morgan fingerprint density at radius 1 is 1.13 bits per heavy atom. The van der Waals surface area contributed by atoms with Gasteiger partial charge in [0.25, 0.3) is 0 Å². The Balaban J connectivity index is 1.80. The minimum atomic E-state index is -5.00. The average molecular weight is 330 g/mol. The van der Waals surface area contributed by atoms with Crippen LogP contribution in [-0.4, -0.2) is 19.1 Å². The van der Waals surface area contributed by atoms with Crippen molar-refractivity contribution in [1.29, 1.82) is 0 Å². The highest BCUT2D eigenvalue weighted by Crippen LogP contribution is 2.34. The minimum Gasteiger partial charge on any atom is -0.434 e. The van der Waals surface area contributed by atoms with Crippen molar-refractivity contribution < 1.29 is 27.4 Å². The number of carbonyl (C=O) groups excluding carboxylic acids is 1. The van der Waals surface area contributed by atoms with Gasteiger partial charge in [-0.3, -0.25) is 0 Å². The molecule has 0 bridgehead atoms. The first-order valence-electron chi connectivity index (χ1n) is 7.96. The molecule has 1 aliphatic rings. The lowest BCUT2D eigenvalue weighted by molar-refractivity contribution is -0.299. The Morgan fingerprint density at radius 3 is 2.52 bits per heavy atom. The lowest BCUT2D eigenvalue weighted by Gasteiger charge is -2.24. The predicted molar refractivity (Wildman–Crippen MR) is 79.1 cm³/mol. The molecule has 0 amide bonds. The summed E-state index contributed by atoms with van der Waals surface area (Å²) in [6.45, 7) is -0.0894. The summed E-state index contributed by atoms with van der Waals surface area (Å²) in [5.74, 6) is 0.566. The smallest absolute Gasteiger partial charge is 0.434 e. The van der Waals surface area contributed by atoms with Crippen LogP contribution in [0.1, 0.15) is 55.6 Å². The van der Waals surface area contributed by atoms with Crippen LogP contribution < -0.4 is 0 Å². The Labute approximate surface area is 133 Å². The molecule has 6 heteroatoms. The van der Waals surface area contributed by atoms with Crippen LogP contribution in [0.3, 0.4) is 0 Å². The quantitative estimate of drug-likeness (QED) is 0.540. The van der Waals surface area contributed by atoms with E-state index in [1.165, 1.54) is 43.2 Å². The van der Waals surface area contributed by atoms with Crippen molar-refractivity contribution >= 4 is 6.16 Å². The fourth-order valence-electron chi connectivity index (χ4n) is 3.12. The van der Waals surface area contributed by atoms with Gasteiger partial charge in [0.1, 0.15) is 0 Å².